The number of hydrogen-bond donors (Lipinski definition) is 1. The number of aliphatic imine (C=N–C) groups is 1. The minimum atomic E-state index is 0.623. The average molecular weight is 361 g/mol. The highest BCUT2D eigenvalue weighted by Gasteiger charge is 2.19. The first-order valence-electron chi connectivity index (χ1n) is 9.57. The molecule has 0 spiro atoms. The topological polar surface area (TPSA) is 54.7 Å². The van der Waals surface area contributed by atoms with Gasteiger partial charge in [0.05, 0.1) is 18.2 Å². The molecule has 0 aliphatic carbocycles. The summed E-state index contributed by atoms with van der Waals surface area (Å²) < 4.78 is 0. The molecule has 2 aromatic carbocycles. The van der Waals surface area contributed by atoms with Gasteiger partial charge in [-0.25, -0.2) is 4.99 Å². The Labute approximate surface area is 161 Å². The maximum Gasteiger partial charge on any atom is 0.194 e. The molecule has 27 heavy (non-hydrogen) atoms. The van der Waals surface area contributed by atoms with Crippen LogP contribution >= 0.6 is 0 Å². The lowest BCUT2D eigenvalue weighted by molar-refractivity contribution is 0.172. The van der Waals surface area contributed by atoms with Crippen LogP contribution < -0.4 is 5.32 Å². The summed E-state index contributed by atoms with van der Waals surface area (Å²) in [6.45, 7) is 8.62. The molecule has 0 bridgehead atoms. The largest absolute Gasteiger partial charge is 0.357 e. The molecule has 1 aliphatic rings. The van der Waals surface area contributed by atoms with E-state index in [4.69, 9.17) is 10.3 Å². The van der Waals surface area contributed by atoms with E-state index in [0.717, 1.165) is 50.8 Å². The smallest absolute Gasteiger partial charge is 0.194 e. The summed E-state index contributed by atoms with van der Waals surface area (Å²) in [5, 5.41) is 12.3. The van der Waals surface area contributed by atoms with Crippen molar-refractivity contribution in [2.75, 3.05) is 32.7 Å². The van der Waals surface area contributed by atoms with E-state index >= 15 is 0 Å². The van der Waals surface area contributed by atoms with Gasteiger partial charge in [-0.2, -0.15) is 5.26 Å². The van der Waals surface area contributed by atoms with Crippen molar-refractivity contribution < 1.29 is 0 Å². The van der Waals surface area contributed by atoms with Crippen LogP contribution in [0.1, 0.15) is 23.6 Å². The van der Waals surface area contributed by atoms with Crippen molar-refractivity contribution in [2.24, 2.45) is 4.99 Å². The van der Waals surface area contributed by atoms with Crippen LogP contribution in [-0.2, 0) is 13.1 Å². The second kappa shape index (κ2) is 9.75. The summed E-state index contributed by atoms with van der Waals surface area (Å²) >= 11 is 0. The fraction of sp³-hybridized carbons (Fsp3) is 0.364. The van der Waals surface area contributed by atoms with Crippen molar-refractivity contribution in [3.8, 4) is 6.07 Å². The summed E-state index contributed by atoms with van der Waals surface area (Å²) in [6.07, 6.45) is 0. The van der Waals surface area contributed by atoms with Crippen molar-refractivity contribution in [2.45, 2.75) is 20.0 Å². The Morgan fingerprint density at radius 1 is 1.00 bits per heavy atom. The molecule has 1 aliphatic heterocycles. The maximum atomic E-state index is 8.90. The third-order valence-electron chi connectivity index (χ3n) is 4.75. The Morgan fingerprint density at radius 2 is 1.70 bits per heavy atom. The average Bonchev–Trinajstić information content (AvgIpc) is 2.73. The summed E-state index contributed by atoms with van der Waals surface area (Å²) in [7, 11) is 0. The number of hydrogen-bond acceptors (Lipinski definition) is 3. The third-order valence-corrected chi connectivity index (χ3v) is 4.75. The molecule has 1 N–H and O–H groups in total. The molecule has 0 saturated carbocycles. The zero-order valence-corrected chi connectivity index (χ0v) is 15.9. The van der Waals surface area contributed by atoms with Crippen LogP contribution in [0, 0.1) is 11.3 Å². The van der Waals surface area contributed by atoms with E-state index in [9.17, 15) is 0 Å². The molecule has 3 rings (SSSR count). The van der Waals surface area contributed by atoms with E-state index < -0.39 is 0 Å². The quantitative estimate of drug-likeness (QED) is 0.657. The van der Waals surface area contributed by atoms with E-state index in [1.807, 2.05) is 24.3 Å². The van der Waals surface area contributed by atoms with Crippen LogP contribution in [0.3, 0.4) is 0 Å². The van der Waals surface area contributed by atoms with E-state index in [1.54, 1.807) is 0 Å². The van der Waals surface area contributed by atoms with Gasteiger partial charge in [0.2, 0.25) is 0 Å². The molecular formula is C22H27N5. The normalized spacial score (nSPS) is 15.4. The van der Waals surface area contributed by atoms with E-state index in [1.165, 1.54) is 5.56 Å². The lowest BCUT2D eigenvalue weighted by Crippen LogP contribution is -2.52. The van der Waals surface area contributed by atoms with Crippen LogP contribution in [0.5, 0.6) is 0 Å². The maximum absolute atomic E-state index is 8.90. The number of benzene rings is 2. The Bertz CT molecular complexity index is 769. The van der Waals surface area contributed by atoms with Crippen LogP contribution in [-0.4, -0.2) is 48.5 Å². The summed E-state index contributed by atoms with van der Waals surface area (Å²) in [4.78, 5) is 9.64. The first-order valence-corrected chi connectivity index (χ1v) is 9.57. The standard InChI is InChI=1S/C22H27N5/c1-2-24-22(25-17-20-10-8-19(16-23)9-11-20)27-14-12-26(13-15-27)18-21-6-4-3-5-7-21/h3-11H,2,12-15,17-18H2,1H3,(H,24,25). The van der Waals surface area contributed by atoms with Gasteiger partial charge in [-0.3, -0.25) is 4.90 Å². The molecule has 1 fully saturated rings. The van der Waals surface area contributed by atoms with E-state index in [-0.39, 0.29) is 0 Å². The van der Waals surface area contributed by atoms with Crippen molar-refractivity contribution >= 4 is 5.96 Å². The molecule has 0 radical (unpaired) electrons. The highest BCUT2D eigenvalue weighted by molar-refractivity contribution is 5.80. The molecule has 2 aromatic rings. The molecule has 1 heterocycles. The number of nitrogens with zero attached hydrogens (tertiary/aromatic N) is 4. The van der Waals surface area contributed by atoms with Crippen LogP contribution in [0.2, 0.25) is 0 Å². The van der Waals surface area contributed by atoms with Crippen molar-refractivity contribution in [1.82, 2.24) is 15.1 Å². The highest BCUT2D eigenvalue weighted by Crippen LogP contribution is 2.10. The Balaban J connectivity index is 1.56. The molecule has 1 saturated heterocycles. The lowest BCUT2D eigenvalue weighted by atomic mass is 10.1. The molecule has 0 amide bonds. The molecule has 5 nitrogen and oxygen atoms in total. The minimum absolute atomic E-state index is 0.623. The van der Waals surface area contributed by atoms with Crippen LogP contribution in [0.25, 0.3) is 0 Å². The lowest BCUT2D eigenvalue weighted by Gasteiger charge is -2.36. The Kier molecular flexibility index (Phi) is 6.84. The summed E-state index contributed by atoms with van der Waals surface area (Å²) in [6, 6.07) is 20.4. The Hall–Kier alpha value is -2.84. The second-order valence-electron chi connectivity index (χ2n) is 6.73. The van der Waals surface area contributed by atoms with Gasteiger partial charge in [-0.15, -0.1) is 0 Å². The fourth-order valence-electron chi connectivity index (χ4n) is 3.24. The third kappa shape index (κ3) is 5.57. The first-order chi connectivity index (χ1) is 13.3. The highest BCUT2D eigenvalue weighted by atomic mass is 15.3. The Morgan fingerprint density at radius 3 is 2.33 bits per heavy atom. The molecule has 0 unspecified atom stereocenters. The second-order valence-corrected chi connectivity index (χ2v) is 6.73. The van der Waals surface area contributed by atoms with Crippen LogP contribution in [0.4, 0.5) is 0 Å². The molecule has 140 valence electrons. The molecule has 0 atom stereocenters. The zero-order chi connectivity index (χ0) is 18.9. The fourth-order valence-corrected chi connectivity index (χ4v) is 3.24. The predicted octanol–water partition coefficient (Wildman–Crippen LogP) is 2.84. The number of nitriles is 1. The monoisotopic (exact) mass is 361 g/mol. The van der Waals surface area contributed by atoms with Gasteiger partial charge in [-0.1, -0.05) is 42.5 Å². The summed E-state index contributed by atoms with van der Waals surface area (Å²) in [5.41, 5.74) is 3.17. The van der Waals surface area contributed by atoms with Gasteiger partial charge in [0.25, 0.3) is 0 Å². The minimum Gasteiger partial charge on any atom is -0.357 e. The first kappa shape index (κ1) is 18.9. The SMILES string of the molecule is CCNC(=NCc1ccc(C#N)cc1)N1CCN(Cc2ccccc2)CC1. The number of guanidine groups is 1. The summed E-state index contributed by atoms with van der Waals surface area (Å²) in [5.74, 6) is 0.973. The zero-order valence-electron chi connectivity index (χ0n) is 15.9. The van der Waals surface area contributed by atoms with Gasteiger partial charge in [0.15, 0.2) is 5.96 Å². The van der Waals surface area contributed by atoms with Crippen molar-refractivity contribution in [3.05, 3.63) is 71.3 Å². The van der Waals surface area contributed by atoms with Gasteiger partial charge < -0.3 is 10.2 Å². The van der Waals surface area contributed by atoms with Crippen molar-refractivity contribution in [3.63, 3.8) is 0 Å². The van der Waals surface area contributed by atoms with Gasteiger partial charge in [0.1, 0.15) is 0 Å². The van der Waals surface area contributed by atoms with E-state index in [0.29, 0.717) is 12.1 Å². The molecular weight excluding hydrogens is 334 g/mol. The van der Waals surface area contributed by atoms with Gasteiger partial charge >= 0.3 is 0 Å². The number of nitrogens with one attached hydrogen (secondary N) is 1. The molecule has 0 aromatic heterocycles. The van der Waals surface area contributed by atoms with Crippen molar-refractivity contribution in [1.29, 1.82) is 5.26 Å². The van der Waals surface area contributed by atoms with Gasteiger partial charge in [0, 0.05) is 39.3 Å². The number of rotatable bonds is 5. The predicted molar refractivity (Wildman–Crippen MR) is 109 cm³/mol. The van der Waals surface area contributed by atoms with Gasteiger partial charge in [-0.05, 0) is 30.2 Å². The molecule has 5 heteroatoms. The number of piperazine rings is 1. The van der Waals surface area contributed by atoms with E-state index in [2.05, 4.69) is 58.4 Å². The van der Waals surface area contributed by atoms with Crippen LogP contribution in [0.15, 0.2) is 59.6 Å².